The molecule has 0 bridgehead atoms. The van der Waals surface area contributed by atoms with Gasteiger partial charge in [-0.3, -0.25) is 0 Å². The van der Waals surface area contributed by atoms with Crippen LogP contribution in [0.4, 0.5) is 0 Å². The van der Waals surface area contributed by atoms with Crippen molar-refractivity contribution in [2.75, 3.05) is 26.3 Å². The smallest absolute Gasteiger partial charge is 0.129 e. The van der Waals surface area contributed by atoms with Crippen molar-refractivity contribution >= 4 is 0 Å². The molecule has 1 aromatic rings. The van der Waals surface area contributed by atoms with E-state index in [2.05, 4.69) is 5.32 Å². The summed E-state index contributed by atoms with van der Waals surface area (Å²) < 4.78 is 16.2. The maximum atomic E-state index is 5.52. The molecule has 1 saturated heterocycles. The molecule has 1 aliphatic heterocycles. The van der Waals surface area contributed by atoms with E-state index in [-0.39, 0.29) is 0 Å². The van der Waals surface area contributed by atoms with Gasteiger partial charge < -0.3 is 19.2 Å². The summed E-state index contributed by atoms with van der Waals surface area (Å²) in [4.78, 5) is 0. The van der Waals surface area contributed by atoms with Crippen molar-refractivity contribution in [3.63, 3.8) is 0 Å². The molecule has 0 aliphatic carbocycles. The monoisotopic (exact) mass is 239 g/mol. The Morgan fingerprint density at radius 2 is 2.47 bits per heavy atom. The van der Waals surface area contributed by atoms with Gasteiger partial charge in [0.2, 0.25) is 0 Å². The molecule has 1 atom stereocenters. The molecule has 2 rings (SSSR count). The van der Waals surface area contributed by atoms with E-state index < -0.39 is 0 Å². The van der Waals surface area contributed by atoms with Crippen LogP contribution >= 0.6 is 0 Å². The van der Waals surface area contributed by atoms with Crippen LogP contribution in [0.3, 0.4) is 0 Å². The highest BCUT2D eigenvalue weighted by Crippen LogP contribution is 2.10. The molecule has 2 heterocycles. The molecular weight excluding hydrogens is 218 g/mol. The van der Waals surface area contributed by atoms with E-state index in [1.54, 1.807) is 6.26 Å². The third-order valence-corrected chi connectivity index (χ3v) is 2.86. The average molecular weight is 239 g/mol. The van der Waals surface area contributed by atoms with Gasteiger partial charge in [0.25, 0.3) is 0 Å². The van der Waals surface area contributed by atoms with Gasteiger partial charge in [-0.25, -0.2) is 0 Å². The molecule has 0 spiro atoms. The highest BCUT2D eigenvalue weighted by molar-refractivity contribution is 4.95. The highest BCUT2D eigenvalue weighted by atomic mass is 16.5. The number of nitrogens with one attached hydrogen (secondary N) is 1. The van der Waals surface area contributed by atoms with Crippen molar-refractivity contribution in [2.24, 2.45) is 0 Å². The van der Waals surface area contributed by atoms with E-state index in [9.17, 15) is 0 Å². The molecule has 1 aliphatic rings. The minimum absolute atomic E-state index is 0.430. The van der Waals surface area contributed by atoms with E-state index in [0.29, 0.717) is 12.7 Å². The summed E-state index contributed by atoms with van der Waals surface area (Å²) in [6.07, 6.45) is 5.52. The second-order valence-corrected chi connectivity index (χ2v) is 4.32. The Balaban J connectivity index is 1.39. The third-order valence-electron chi connectivity index (χ3n) is 2.86. The van der Waals surface area contributed by atoms with E-state index in [4.69, 9.17) is 13.9 Å². The first-order valence-corrected chi connectivity index (χ1v) is 6.37. The first-order chi connectivity index (χ1) is 8.45. The van der Waals surface area contributed by atoms with Crippen molar-refractivity contribution in [1.82, 2.24) is 5.32 Å². The molecular formula is C13H21NO3. The van der Waals surface area contributed by atoms with Gasteiger partial charge in [-0.2, -0.15) is 0 Å². The van der Waals surface area contributed by atoms with Crippen LogP contribution < -0.4 is 5.32 Å². The van der Waals surface area contributed by atoms with Gasteiger partial charge in [0, 0.05) is 19.8 Å². The molecule has 96 valence electrons. The topological polar surface area (TPSA) is 43.6 Å². The van der Waals surface area contributed by atoms with Gasteiger partial charge >= 0.3 is 0 Å². The van der Waals surface area contributed by atoms with Crippen molar-refractivity contribution in [2.45, 2.75) is 32.0 Å². The Morgan fingerprint density at radius 3 is 3.24 bits per heavy atom. The largest absolute Gasteiger partial charge is 0.467 e. The maximum Gasteiger partial charge on any atom is 0.129 e. The summed E-state index contributed by atoms with van der Waals surface area (Å²) in [5.74, 6) is 0.886. The van der Waals surface area contributed by atoms with E-state index in [0.717, 1.165) is 38.5 Å². The molecule has 1 fully saturated rings. The fourth-order valence-corrected chi connectivity index (χ4v) is 1.94. The molecule has 0 amide bonds. The molecule has 1 unspecified atom stereocenters. The average Bonchev–Trinajstić information content (AvgIpc) is 3.00. The summed E-state index contributed by atoms with van der Waals surface area (Å²) in [6, 6.07) is 3.80. The van der Waals surface area contributed by atoms with Crippen LogP contribution in [0, 0.1) is 0 Å². The molecule has 0 aromatic carbocycles. The van der Waals surface area contributed by atoms with Crippen LogP contribution in [-0.4, -0.2) is 32.4 Å². The molecule has 0 saturated carbocycles. The lowest BCUT2D eigenvalue weighted by Gasteiger charge is -2.10. The van der Waals surface area contributed by atoms with Crippen molar-refractivity contribution < 1.29 is 13.9 Å². The van der Waals surface area contributed by atoms with Crippen LogP contribution in [0.25, 0.3) is 0 Å². The van der Waals surface area contributed by atoms with E-state index >= 15 is 0 Å². The first kappa shape index (κ1) is 12.6. The Labute approximate surface area is 102 Å². The number of hydrogen-bond donors (Lipinski definition) is 1. The van der Waals surface area contributed by atoms with Gasteiger partial charge in [-0.05, 0) is 37.9 Å². The van der Waals surface area contributed by atoms with Crippen LogP contribution in [0.1, 0.15) is 25.0 Å². The summed E-state index contributed by atoms with van der Waals surface area (Å²) in [7, 11) is 0. The highest BCUT2D eigenvalue weighted by Gasteiger charge is 2.13. The number of ether oxygens (including phenoxy) is 2. The lowest BCUT2D eigenvalue weighted by molar-refractivity contribution is 0.0977. The SMILES string of the molecule is c1coc(COCCCNCC2CCCO2)c1. The van der Waals surface area contributed by atoms with Crippen LogP contribution in [0.2, 0.25) is 0 Å². The van der Waals surface area contributed by atoms with Gasteiger partial charge in [0.05, 0.1) is 12.4 Å². The fourth-order valence-electron chi connectivity index (χ4n) is 1.94. The molecule has 0 radical (unpaired) electrons. The van der Waals surface area contributed by atoms with Crippen molar-refractivity contribution in [3.8, 4) is 0 Å². The Kier molecular flexibility index (Phi) is 5.55. The summed E-state index contributed by atoms with van der Waals surface area (Å²) in [5.41, 5.74) is 0. The Morgan fingerprint density at radius 1 is 1.47 bits per heavy atom. The van der Waals surface area contributed by atoms with Crippen LogP contribution in [0.15, 0.2) is 22.8 Å². The first-order valence-electron chi connectivity index (χ1n) is 6.37. The van der Waals surface area contributed by atoms with Crippen molar-refractivity contribution in [1.29, 1.82) is 0 Å². The predicted molar refractivity (Wildman–Crippen MR) is 64.8 cm³/mol. The summed E-state index contributed by atoms with van der Waals surface area (Å²) in [6.45, 7) is 4.22. The molecule has 17 heavy (non-hydrogen) atoms. The Hall–Kier alpha value is -0.840. The van der Waals surface area contributed by atoms with E-state index in [1.807, 2.05) is 12.1 Å². The normalized spacial score (nSPS) is 19.9. The zero-order valence-electron chi connectivity index (χ0n) is 10.2. The lowest BCUT2D eigenvalue weighted by atomic mass is 10.2. The Bertz CT molecular complexity index is 281. The predicted octanol–water partition coefficient (Wildman–Crippen LogP) is 1.95. The maximum absolute atomic E-state index is 5.52. The fraction of sp³-hybridized carbons (Fsp3) is 0.692. The zero-order chi connectivity index (χ0) is 11.8. The van der Waals surface area contributed by atoms with Gasteiger partial charge in [-0.15, -0.1) is 0 Å². The van der Waals surface area contributed by atoms with Crippen LogP contribution in [0.5, 0.6) is 0 Å². The minimum atomic E-state index is 0.430. The summed E-state index contributed by atoms with van der Waals surface area (Å²) >= 11 is 0. The molecule has 4 heteroatoms. The second kappa shape index (κ2) is 7.48. The number of furan rings is 1. The van der Waals surface area contributed by atoms with Gasteiger partial charge in [-0.1, -0.05) is 0 Å². The quantitative estimate of drug-likeness (QED) is 0.704. The van der Waals surface area contributed by atoms with Gasteiger partial charge in [0.1, 0.15) is 12.4 Å². The third kappa shape index (κ3) is 4.89. The summed E-state index contributed by atoms with van der Waals surface area (Å²) in [5, 5.41) is 3.39. The second-order valence-electron chi connectivity index (χ2n) is 4.32. The van der Waals surface area contributed by atoms with Gasteiger partial charge in [0.15, 0.2) is 0 Å². The zero-order valence-corrected chi connectivity index (χ0v) is 10.2. The van der Waals surface area contributed by atoms with E-state index in [1.165, 1.54) is 12.8 Å². The van der Waals surface area contributed by atoms with Crippen LogP contribution in [-0.2, 0) is 16.1 Å². The lowest BCUT2D eigenvalue weighted by Crippen LogP contribution is -2.27. The molecule has 4 nitrogen and oxygen atoms in total. The number of hydrogen-bond acceptors (Lipinski definition) is 4. The van der Waals surface area contributed by atoms with Crippen molar-refractivity contribution in [3.05, 3.63) is 24.2 Å². The molecule has 1 aromatic heterocycles. The standard InChI is InChI=1S/C13H21NO3/c1-4-12(16-8-1)10-14-6-3-7-15-11-13-5-2-9-17-13/h2,5,9,12,14H,1,3-4,6-8,10-11H2. The number of rotatable bonds is 8. The minimum Gasteiger partial charge on any atom is -0.467 e. The molecule has 1 N–H and O–H groups in total.